The minimum absolute atomic E-state index is 0.448. The summed E-state index contributed by atoms with van der Waals surface area (Å²) in [6, 6.07) is -0.921. The first-order valence-corrected chi connectivity index (χ1v) is 4.62. The molecule has 0 radical (unpaired) electrons. The van der Waals surface area contributed by atoms with Gasteiger partial charge in [-0.25, -0.2) is 4.79 Å². The van der Waals surface area contributed by atoms with Gasteiger partial charge in [0.15, 0.2) is 0 Å². The number of ether oxygens (including phenoxy) is 1. The van der Waals surface area contributed by atoms with Gasteiger partial charge in [-0.3, -0.25) is 4.79 Å². The van der Waals surface area contributed by atoms with Crippen LogP contribution in [-0.2, 0) is 9.53 Å². The zero-order chi connectivity index (χ0) is 12.6. The highest BCUT2D eigenvalue weighted by Gasteiger charge is 2.19. The summed E-state index contributed by atoms with van der Waals surface area (Å²) in [4.78, 5) is 22.3. The molecule has 0 bridgehead atoms. The molecule has 16 heavy (non-hydrogen) atoms. The number of aliphatic hydroxyl groups is 2. The lowest BCUT2D eigenvalue weighted by molar-refractivity contribution is -0.121. The van der Waals surface area contributed by atoms with Crippen LogP contribution in [0.3, 0.4) is 0 Å². The SMILES string of the molecule is C=CC(NC(=O)OC(CO)CO)C(=O)NC. The first kappa shape index (κ1) is 14.4. The standard InChI is InChI=1S/C9H16N2O5/c1-3-7(8(14)10-2)11-9(15)16-6(4-12)5-13/h3,6-7,12-13H,1,4-5H2,2H3,(H,10,14)(H,11,15). The van der Waals surface area contributed by atoms with Crippen molar-refractivity contribution in [2.24, 2.45) is 0 Å². The number of nitrogens with one attached hydrogen (secondary N) is 2. The van der Waals surface area contributed by atoms with Gasteiger partial charge in [0, 0.05) is 7.05 Å². The lowest BCUT2D eigenvalue weighted by Crippen LogP contribution is -2.45. The van der Waals surface area contributed by atoms with E-state index in [1.807, 2.05) is 0 Å². The quantitative estimate of drug-likeness (QED) is 0.411. The van der Waals surface area contributed by atoms with E-state index >= 15 is 0 Å². The van der Waals surface area contributed by atoms with E-state index in [1.54, 1.807) is 0 Å². The molecular weight excluding hydrogens is 216 g/mol. The molecule has 0 fully saturated rings. The predicted molar refractivity (Wildman–Crippen MR) is 55.6 cm³/mol. The van der Waals surface area contributed by atoms with Crippen molar-refractivity contribution < 1.29 is 24.5 Å². The van der Waals surface area contributed by atoms with Gasteiger partial charge < -0.3 is 25.6 Å². The van der Waals surface area contributed by atoms with E-state index in [1.165, 1.54) is 13.1 Å². The second-order valence-corrected chi connectivity index (χ2v) is 2.86. The van der Waals surface area contributed by atoms with Gasteiger partial charge in [-0.1, -0.05) is 6.08 Å². The second-order valence-electron chi connectivity index (χ2n) is 2.86. The lowest BCUT2D eigenvalue weighted by atomic mass is 10.3. The fourth-order valence-electron chi connectivity index (χ4n) is 0.832. The Balaban J connectivity index is 4.20. The lowest BCUT2D eigenvalue weighted by Gasteiger charge is -2.16. The molecule has 1 atom stereocenters. The van der Waals surface area contributed by atoms with Gasteiger partial charge in [-0.05, 0) is 0 Å². The minimum Gasteiger partial charge on any atom is -0.441 e. The average Bonchev–Trinajstić information content (AvgIpc) is 2.31. The highest BCUT2D eigenvalue weighted by molar-refractivity contribution is 5.87. The first-order valence-electron chi connectivity index (χ1n) is 4.62. The first-order chi connectivity index (χ1) is 7.58. The smallest absolute Gasteiger partial charge is 0.408 e. The molecule has 0 aromatic carbocycles. The molecule has 92 valence electrons. The van der Waals surface area contributed by atoms with Crippen molar-refractivity contribution in [1.82, 2.24) is 10.6 Å². The van der Waals surface area contributed by atoms with Crippen molar-refractivity contribution in [3.05, 3.63) is 12.7 Å². The van der Waals surface area contributed by atoms with Gasteiger partial charge in [-0.15, -0.1) is 6.58 Å². The van der Waals surface area contributed by atoms with Crippen LogP contribution in [-0.4, -0.2) is 54.6 Å². The zero-order valence-corrected chi connectivity index (χ0v) is 8.97. The fourth-order valence-corrected chi connectivity index (χ4v) is 0.832. The molecule has 2 amide bonds. The molecule has 0 saturated heterocycles. The molecule has 1 unspecified atom stereocenters. The van der Waals surface area contributed by atoms with Gasteiger partial charge in [0.05, 0.1) is 13.2 Å². The molecule has 0 spiro atoms. The highest BCUT2D eigenvalue weighted by atomic mass is 16.6. The normalized spacial score (nSPS) is 11.8. The summed E-state index contributed by atoms with van der Waals surface area (Å²) in [6.07, 6.45) is -0.691. The molecule has 4 N–H and O–H groups in total. The maximum absolute atomic E-state index is 11.2. The summed E-state index contributed by atoms with van der Waals surface area (Å²) in [5, 5.41) is 21.8. The van der Waals surface area contributed by atoms with Crippen LogP contribution in [0.5, 0.6) is 0 Å². The molecule has 7 heteroatoms. The van der Waals surface area contributed by atoms with Crippen molar-refractivity contribution in [3.8, 4) is 0 Å². The number of rotatable bonds is 6. The van der Waals surface area contributed by atoms with Gasteiger partial charge >= 0.3 is 6.09 Å². The Morgan fingerprint density at radius 1 is 1.44 bits per heavy atom. The van der Waals surface area contributed by atoms with Crippen molar-refractivity contribution in [2.45, 2.75) is 12.1 Å². The number of aliphatic hydroxyl groups excluding tert-OH is 2. The number of alkyl carbamates (subject to hydrolysis) is 1. The summed E-state index contributed by atoms with van der Waals surface area (Å²) in [7, 11) is 1.41. The maximum Gasteiger partial charge on any atom is 0.408 e. The molecule has 0 aromatic rings. The van der Waals surface area contributed by atoms with Gasteiger partial charge in [0.2, 0.25) is 5.91 Å². The summed E-state index contributed by atoms with van der Waals surface area (Å²) in [5.74, 6) is -0.448. The summed E-state index contributed by atoms with van der Waals surface area (Å²) in [5.41, 5.74) is 0. The van der Waals surface area contributed by atoms with Gasteiger partial charge in [-0.2, -0.15) is 0 Å². The number of carbonyl (C=O) groups excluding carboxylic acids is 2. The van der Waals surface area contributed by atoms with Crippen LogP contribution < -0.4 is 10.6 Å². The van der Waals surface area contributed by atoms with E-state index in [0.29, 0.717) is 0 Å². The van der Waals surface area contributed by atoms with Crippen LogP contribution in [0.15, 0.2) is 12.7 Å². The van der Waals surface area contributed by atoms with E-state index < -0.39 is 37.4 Å². The van der Waals surface area contributed by atoms with E-state index in [4.69, 9.17) is 10.2 Å². The third-order valence-corrected chi connectivity index (χ3v) is 1.72. The van der Waals surface area contributed by atoms with Crippen molar-refractivity contribution in [2.75, 3.05) is 20.3 Å². The number of carbonyl (C=O) groups is 2. The molecule has 0 aliphatic carbocycles. The molecule has 0 aliphatic rings. The number of likely N-dealkylation sites (N-methyl/N-ethyl adjacent to an activating group) is 1. The molecule has 0 saturated carbocycles. The Morgan fingerprint density at radius 2 is 2.00 bits per heavy atom. The van der Waals surface area contributed by atoms with Crippen LogP contribution in [0.2, 0.25) is 0 Å². The summed E-state index contributed by atoms with van der Waals surface area (Å²) < 4.78 is 4.60. The van der Waals surface area contributed by atoms with E-state index in [0.717, 1.165) is 0 Å². The van der Waals surface area contributed by atoms with Crippen LogP contribution in [0.25, 0.3) is 0 Å². The molecular formula is C9H16N2O5. The van der Waals surface area contributed by atoms with Gasteiger partial charge in [0.1, 0.15) is 12.1 Å². The predicted octanol–water partition coefficient (Wildman–Crippen LogP) is -1.63. The Kier molecular flexibility index (Phi) is 6.89. The number of hydrogen-bond donors (Lipinski definition) is 4. The van der Waals surface area contributed by atoms with Gasteiger partial charge in [0.25, 0.3) is 0 Å². The van der Waals surface area contributed by atoms with Crippen LogP contribution in [0.1, 0.15) is 0 Å². The summed E-state index contributed by atoms with van der Waals surface area (Å²) >= 11 is 0. The van der Waals surface area contributed by atoms with Crippen molar-refractivity contribution >= 4 is 12.0 Å². The average molecular weight is 232 g/mol. The van der Waals surface area contributed by atoms with E-state index in [-0.39, 0.29) is 0 Å². The Morgan fingerprint density at radius 3 is 2.38 bits per heavy atom. The zero-order valence-electron chi connectivity index (χ0n) is 8.97. The molecule has 7 nitrogen and oxygen atoms in total. The van der Waals surface area contributed by atoms with E-state index in [9.17, 15) is 9.59 Å². The van der Waals surface area contributed by atoms with Crippen LogP contribution in [0, 0.1) is 0 Å². The third-order valence-electron chi connectivity index (χ3n) is 1.72. The van der Waals surface area contributed by atoms with Crippen molar-refractivity contribution in [3.63, 3.8) is 0 Å². The molecule has 0 aliphatic heterocycles. The van der Waals surface area contributed by atoms with Crippen LogP contribution in [0.4, 0.5) is 4.79 Å². The largest absolute Gasteiger partial charge is 0.441 e. The summed E-state index contributed by atoms with van der Waals surface area (Å²) in [6.45, 7) is 2.38. The molecule has 0 heterocycles. The third kappa shape index (κ3) is 4.76. The Bertz CT molecular complexity index is 252. The second kappa shape index (κ2) is 7.66. The van der Waals surface area contributed by atoms with Crippen LogP contribution >= 0.6 is 0 Å². The van der Waals surface area contributed by atoms with Crippen molar-refractivity contribution in [1.29, 1.82) is 0 Å². The molecule has 0 rings (SSSR count). The Labute approximate surface area is 93.1 Å². The number of hydrogen-bond acceptors (Lipinski definition) is 5. The van der Waals surface area contributed by atoms with E-state index in [2.05, 4.69) is 21.9 Å². The Hall–Kier alpha value is -1.60. The highest BCUT2D eigenvalue weighted by Crippen LogP contribution is 1.93. The molecule has 0 aromatic heterocycles. The number of amides is 2. The minimum atomic E-state index is -1.00. The monoisotopic (exact) mass is 232 g/mol. The fraction of sp³-hybridized carbons (Fsp3) is 0.556. The maximum atomic E-state index is 11.2. The topological polar surface area (TPSA) is 108 Å².